The number of aryl methyl sites for hydroxylation is 1. The molecule has 4 heteroatoms. The lowest BCUT2D eigenvalue weighted by molar-refractivity contribution is -0.137. The Morgan fingerprint density at radius 1 is 1.38 bits per heavy atom. The van der Waals surface area contributed by atoms with Gasteiger partial charge in [-0.3, -0.25) is 4.79 Å². The lowest BCUT2D eigenvalue weighted by Gasteiger charge is -2.26. The van der Waals surface area contributed by atoms with Crippen LogP contribution in [0, 0.1) is 23.7 Å². The van der Waals surface area contributed by atoms with Gasteiger partial charge in [0.2, 0.25) is 5.91 Å². The first kappa shape index (κ1) is 15.4. The zero-order valence-electron chi connectivity index (χ0n) is 12.8. The minimum Gasteiger partial charge on any atom is -0.491 e. The molecule has 1 amide bonds. The summed E-state index contributed by atoms with van der Waals surface area (Å²) in [6.07, 6.45) is 3.30. The van der Waals surface area contributed by atoms with Gasteiger partial charge in [-0.2, -0.15) is 5.26 Å². The van der Waals surface area contributed by atoms with E-state index >= 15 is 0 Å². The van der Waals surface area contributed by atoms with E-state index < -0.39 is 5.41 Å². The smallest absolute Gasteiger partial charge is 0.242 e. The Kier molecular flexibility index (Phi) is 4.85. The van der Waals surface area contributed by atoms with Gasteiger partial charge in [-0.05, 0) is 31.4 Å². The zero-order valence-corrected chi connectivity index (χ0v) is 12.8. The zero-order chi connectivity index (χ0) is 15.3. The predicted molar refractivity (Wildman–Crippen MR) is 80.8 cm³/mol. The van der Waals surface area contributed by atoms with Crippen LogP contribution in [0.4, 0.5) is 0 Å². The number of para-hydroxylation sites is 1. The van der Waals surface area contributed by atoms with Crippen molar-refractivity contribution in [2.45, 2.75) is 32.6 Å². The molecule has 1 aliphatic carbocycles. The first-order valence-corrected chi connectivity index (χ1v) is 7.44. The topological polar surface area (TPSA) is 53.3 Å². The summed E-state index contributed by atoms with van der Waals surface area (Å²) in [6.45, 7) is 2.93. The largest absolute Gasteiger partial charge is 0.491 e. The molecular weight excluding hydrogens is 264 g/mol. The van der Waals surface area contributed by atoms with Gasteiger partial charge in [-0.15, -0.1) is 0 Å². The summed E-state index contributed by atoms with van der Waals surface area (Å²) in [5.41, 5.74) is 0.285. The molecule has 1 fully saturated rings. The number of hydrogen-bond donors (Lipinski definition) is 0. The van der Waals surface area contributed by atoms with Crippen molar-refractivity contribution in [3.8, 4) is 11.8 Å². The Morgan fingerprint density at radius 2 is 2.05 bits per heavy atom. The highest BCUT2D eigenvalue weighted by Crippen LogP contribution is 2.38. The molecule has 0 spiro atoms. The van der Waals surface area contributed by atoms with Crippen LogP contribution in [0.1, 0.15) is 31.2 Å². The third kappa shape index (κ3) is 3.36. The van der Waals surface area contributed by atoms with Crippen molar-refractivity contribution in [3.05, 3.63) is 29.8 Å². The number of rotatable bonds is 5. The number of carbonyl (C=O) groups excluding carboxylic acids is 1. The Labute approximate surface area is 126 Å². The number of carbonyl (C=O) groups is 1. The monoisotopic (exact) mass is 286 g/mol. The molecule has 0 saturated heterocycles. The predicted octanol–water partition coefficient (Wildman–Crippen LogP) is 2.92. The molecule has 0 unspecified atom stereocenters. The van der Waals surface area contributed by atoms with Crippen LogP contribution in [0.5, 0.6) is 5.75 Å². The highest BCUT2D eigenvalue weighted by atomic mass is 16.5. The number of likely N-dealkylation sites (N-methyl/N-ethyl adjacent to an activating group) is 1. The molecule has 0 bridgehead atoms. The molecule has 21 heavy (non-hydrogen) atoms. The van der Waals surface area contributed by atoms with E-state index in [0.717, 1.165) is 24.2 Å². The fourth-order valence-corrected chi connectivity index (χ4v) is 2.83. The Bertz CT molecular complexity index is 542. The van der Waals surface area contributed by atoms with Gasteiger partial charge >= 0.3 is 0 Å². The SMILES string of the molecule is Cc1ccccc1OCCN(C)C(=O)C1(C#N)CCCC1. The van der Waals surface area contributed by atoms with Crippen LogP contribution in [0.15, 0.2) is 24.3 Å². The van der Waals surface area contributed by atoms with Crippen LogP contribution < -0.4 is 4.74 Å². The van der Waals surface area contributed by atoms with Crippen molar-refractivity contribution in [1.82, 2.24) is 4.90 Å². The number of hydrogen-bond acceptors (Lipinski definition) is 3. The molecule has 2 rings (SSSR count). The summed E-state index contributed by atoms with van der Waals surface area (Å²) in [5.74, 6) is 0.782. The van der Waals surface area contributed by atoms with E-state index in [4.69, 9.17) is 4.74 Å². The van der Waals surface area contributed by atoms with Crippen LogP contribution in [-0.4, -0.2) is 31.0 Å². The summed E-state index contributed by atoms with van der Waals surface area (Å²) < 4.78 is 5.71. The molecular formula is C17H22N2O2. The summed E-state index contributed by atoms with van der Waals surface area (Å²) in [7, 11) is 1.75. The lowest BCUT2D eigenvalue weighted by Crippen LogP contribution is -2.41. The number of nitrogens with zero attached hydrogens (tertiary/aromatic N) is 2. The molecule has 0 heterocycles. The average molecular weight is 286 g/mol. The van der Waals surface area contributed by atoms with Gasteiger partial charge in [-0.25, -0.2) is 0 Å². The Morgan fingerprint density at radius 3 is 2.67 bits per heavy atom. The first-order chi connectivity index (χ1) is 10.1. The first-order valence-electron chi connectivity index (χ1n) is 7.44. The van der Waals surface area contributed by atoms with Crippen LogP contribution in [0.2, 0.25) is 0 Å². The van der Waals surface area contributed by atoms with E-state index in [1.165, 1.54) is 0 Å². The fraction of sp³-hybridized carbons (Fsp3) is 0.529. The molecule has 1 aliphatic rings. The summed E-state index contributed by atoms with van der Waals surface area (Å²) in [4.78, 5) is 14.1. The second kappa shape index (κ2) is 6.62. The van der Waals surface area contributed by atoms with E-state index in [-0.39, 0.29) is 5.91 Å². The average Bonchev–Trinajstić information content (AvgIpc) is 2.98. The normalized spacial score (nSPS) is 16.2. The van der Waals surface area contributed by atoms with E-state index in [1.807, 2.05) is 31.2 Å². The number of nitriles is 1. The third-order valence-corrected chi connectivity index (χ3v) is 4.21. The van der Waals surface area contributed by atoms with Gasteiger partial charge in [0.1, 0.15) is 17.8 Å². The lowest BCUT2D eigenvalue weighted by atomic mass is 9.86. The standard InChI is InChI=1S/C17H22N2O2/c1-14-7-3-4-8-15(14)21-12-11-19(2)16(20)17(13-18)9-5-6-10-17/h3-4,7-8H,5-6,9-12H2,1-2H3. The highest BCUT2D eigenvalue weighted by Gasteiger charge is 2.43. The fourth-order valence-electron chi connectivity index (χ4n) is 2.83. The van der Waals surface area contributed by atoms with E-state index in [1.54, 1.807) is 11.9 Å². The van der Waals surface area contributed by atoms with Crippen LogP contribution in [0.3, 0.4) is 0 Å². The molecule has 1 aromatic carbocycles. The maximum absolute atomic E-state index is 12.5. The van der Waals surface area contributed by atoms with Gasteiger partial charge in [0.15, 0.2) is 0 Å². The second-order valence-corrected chi connectivity index (χ2v) is 5.74. The number of ether oxygens (including phenoxy) is 1. The minimum atomic E-state index is -0.794. The number of benzene rings is 1. The van der Waals surface area contributed by atoms with E-state index in [2.05, 4.69) is 6.07 Å². The summed E-state index contributed by atoms with van der Waals surface area (Å²) in [6, 6.07) is 10.1. The summed E-state index contributed by atoms with van der Waals surface area (Å²) in [5, 5.41) is 9.35. The summed E-state index contributed by atoms with van der Waals surface area (Å²) >= 11 is 0. The molecule has 0 atom stereocenters. The number of amides is 1. The maximum Gasteiger partial charge on any atom is 0.242 e. The van der Waals surface area contributed by atoms with Gasteiger partial charge in [0.05, 0.1) is 12.6 Å². The van der Waals surface area contributed by atoms with Crippen LogP contribution in [-0.2, 0) is 4.79 Å². The van der Waals surface area contributed by atoms with Crippen molar-refractivity contribution in [3.63, 3.8) is 0 Å². The van der Waals surface area contributed by atoms with Crippen LogP contribution >= 0.6 is 0 Å². The second-order valence-electron chi connectivity index (χ2n) is 5.74. The van der Waals surface area contributed by atoms with Crippen LogP contribution in [0.25, 0.3) is 0 Å². The third-order valence-electron chi connectivity index (χ3n) is 4.21. The van der Waals surface area contributed by atoms with Crippen molar-refractivity contribution >= 4 is 5.91 Å². The quantitative estimate of drug-likeness (QED) is 0.836. The minimum absolute atomic E-state index is 0.0594. The Hall–Kier alpha value is -2.02. The van der Waals surface area contributed by atoms with E-state index in [0.29, 0.717) is 26.0 Å². The van der Waals surface area contributed by atoms with Gasteiger partial charge in [0, 0.05) is 7.05 Å². The van der Waals surface area contributed by atoms with E-state index in [9.17, 15) is 10.1 Å². The highest BCUT2D eigenvalue weighted by molar-refractivity contribution is 5.85. The molecule has 0 aromatic heterocycles. The molecule has 4 nitrogen and oxygen atoms in total. The van der Waals surface area contributed by atoms with Gasteiger partial charge in [0.25, 0.3) is 0 Å². The van der Waals surface area contributed by atoms with Crippen molar-refractivity contribution < 1.29 is 9.53 Å². The van der Waals surface area contributed by atoms with Gasteiger partial charge in [-0.1, -0.05) is 31.0 Å². The van der Waals surface area contributed by atoms with Crippen molar-refractivity contribution in [2.24, 2.45) is 5.41 Å². The molecule has 112 valence electrons. The van der Waals surface area contributed by atoms with Crippen molar-refractivity contribution in [2.75, 3.05) is 20.2 Å². The molecule has 0 radical (unpaired) electrons. The Balaban J connectivity index is 1.87. The molecule has 1 aromatic rings. The molecule has 1 saturated carbocycles. The maximum atomic E-state index is 12.5. The molecule has 0 aliphatic heterocycles. The van der Waals surface area contributed by atoms with Crippen molar-refractivity contribution in [1.29, 1.82) is 5.26 Å². The van der Waals surface area contributed by atoms with Gasteiger partial charge < -0.3 is 9.64 Å². The molecule has 0 N–H and O–H groups in total.